The monoisotopic (exact) mass is 502 g/mol. The first kappa shape index (κ1) is 24.9. The minimum Gasteiger partial charge on any atom is -0.333 e. The Bertz CT molecular complexity index is 994. The lowest BCUT2D eigenvalue weighted by Gasteiger charge is -2.28. The van der Waals surface area contributed by atoms with Crippen LogP contribution in [-0.4, -0.2) is 28.5 Å². The fraction of sp³-hybridized carbons (Fsp3) is 0.238. The van der Waals surface area contributed by atoms with E-state index in [1.165, 1.54) is 5.56 Å². The van der Waals surface area contributed by atoms with Crippen molar-refractivity contribution in [2.45, 2.75) is 18.2 Å². The molecule has 1 aliphatic heterocycles. The van der Waals surface area contributed by atoms with Crippen molar-refractivity contribution >= 4 is 72.2 Å². The molecule has 160 valence electrons. The number of hydrogen-bond donors (Lipinski definition) is 1. The van der Waals surface area contributed by atoms with Crippen molar-refractivity contribution in [2.24, 2.45) is 4.99 Å². The third kappa shape index (κ3) is 5.27. The van der Waals surface area contributed by atoms with Crippen LogP contribution in [0.5, 0.6) is 0 Å². The molecule has 0 amide bonds. The summed E-state index contributed by atoms with van der Waals surface area (Å²) in [6.07, 6.45) is 3.81. The van der Waals surface area contributed by atoms with E-state index in [0.29, 0.717) is 15.8 Å². The Balaban J connectivity index is 0.00000160. The van der Waals surface area contributed by atoms with Gasteiger partial charge in [0.15, 0.2) is 0 Å². The standard InChI is InChI=1S/C21H20Cl2N4S.2ClH/c22-16-6-7-19(18(23)12-16)27-11-9-25-21(27)17(15-4-2-1-3-5-15)13-26-10-8-24-20(26)14-28;;/h1-8,10,12,17,28H,9,11,13-14H2;2*1H. The summed E-state index contributed by atoms with van der Waals surface area (Å²) in [5.74, 6) is 2.62. The van der Waals surface area contributed by atoms with Gasteiger partial charge in [0, 0.05) is 36.3 Å². The maximum absolute atomic E-state index is 6.51. The number of thiol groups is 1. The van der Waals surface area contributed by atoms with Gasteiger partial charge in [-0.3, -0.25) is 4.99 Å². The minimum atomic E-state index is 0. The van der Waals surface area contributed by atoms with E-state index in [-0.39, 0.29) is 30.7 Å². The second kappa shape index (κ2) is 11.3. The summed E-state index contributed by atoms with van der Waals surface area (Å²) < 4.78 is 2.15. The molecule has 4 rings (SSSR count). The molecule has 0 saturated heterocycles. The van der Waals surface area contributed by atoms with E-state index >= 15 is 0 Å². The van der Waals surface area contributed by atoms with E-state index < -0.39 is 0 Å². The molecule has 2 heterocycles. The predicted octanol–water partition coefficient (Wildman–Crippen LogP) is 6.17. The van der Waals surface area contributed by atoms with Crippen LogP contribution in [0, 0.1) is 0 Å². The maximum Gasteiger partial charge on any atom is 0.118 e. The van der Waals surface area contributed by atoms with Gasteiger partial charge in [0.05, 0.1) is 23.2 Å². The number of rotatable bonds is 6. The van der Waals surface area contributed by atoms with Gasteiger partial charge in [0.2, 0.25) is 0 Å². The van der Waals surface area contributed by atoms with Gasteiger partial charge in [0.25, 0.3) is 0 Å². The minimum absolute atomic E-state index is 0. The molecule has 30 heavy (non-hydrogen) atoms. The zero-order valence-corrected chi connectivity index (χ0v) is 20.0. The largest absolute Gasteiger partial charge is 0.333 e. The Kier molecular flexibility index (Phi) is 9.38. The van der Waals surface area contributed by atoms with E-state index in [1.807, 2.05) is 30.6 Å². The highest BCUT2D eigenvalue weighted by atomic mass is 35.5. The van der Waals surface area contributed by atoms with Crippen LogP contribution in [0.1, 0.15) is 17.3 Å². The number of nitrogens with zero attached hydrogens (tertiary/aromatic N) is 4. The van der Waals surface area contributed by atoms with Crippen molar-refractivity contribution in [1.82, 2.24) is 9.55 Å². The average Bonchev–Trinajstić information content (AvgIpc) is 3.36. The van der Waals surface area contributed by atoms with Crippen LogP contribution in [0.25, 0.3) is 0 Å². The Morgan fingerprint density at radius 3 is 2.53 bits per heavy atom. The highest BCUT2D eigenvalue weighted by Crippen LogP contribution is 2.34. The fourth-order valence-corrected chi connectivity index (χ4v) is 4.36. The topological polar surface area (TPSA) is 33.4 Å². The fourth-order valence-electron chi connectivity index (χ4n) is 3.58. The number of hydrogen-bond acceptors (Lipinski definition) is 4. The molecule has 0 N–H and O–H groups in total. The van der Waals surface area contributed by atoms with Gasteiger partial charge in [0.1, 0.15) is 11.7 Å². The van der Waals surface area contributed by atoms with Crippen molar-refractivity contribution < 1.29 is 0 Å². The van der Waals surface area contributed by atoms with Crippen LogP contribution in [0.3, 0.4) is 0 Å². The van der Waals surface area contributed by atoms with Crippen LogP contribution in [0.4, 0.5) is 5.69 Å². The van der Waals surface area contributed by atoms with Gasteiger partial charge in [-0.25, -0.2) is 4.98 Å². The third-order valence-corrected chi connectivity index (χ3v) is 5.73. The van der Waals surface area contributed by atoms with E-state index in [4.69, 9.17) is 28.2 Å². The lowest BCUT2D eigenvalue weighted by atomic mass is 9.96. The molecule has 3 aromatic rings. The van der Waals surface area contributed by atoms with E-state index in [1.54, 1.807) is 6.07 Å². The molecule has 1 unspecified atom stereocenters. The molecule has 0 bridgehead atoms. The van der Waals surface area contributed by atoms with Crippen molar-refractivity contribution in [2.75, 3.05) is 18.0 Å². The molecular weight excluding hydrogens is 482 g/mol. The van der Waals surface area contributed by atoms with Crippen molar-refractivity contribution in [3.05, 3.63) is 82.4 Å². The summed E-state index contributed by atoms with van der Waals surface area (Å²) in [5, 5.41) is 1.26. The Hall–Kier alpha value is -1.37. The van der Waals surface area contributed by atoms with E-state index in [9.17, 15) is 0 Å². The number of benzene rings is 2. The lowest BCUT2D eigenvalue weighted by Crippen LogP contribution is -2.34. The summed E-state index contributed by atoms with van der Waals surface area (Å²) in [5.41, 5.74) is 2.14. The molecule has 4 nitrogen and oxygen atoms in total. The van der Waals surface area contributed by atoms with Gasteiger partial charge in [-0.1, -0.05) is 53.5 Å². The molecule has 2 aromatic carbocycles. The normalized spacial score (nSPS) is 14.0. The summed E-state index contributed by atoms with van der Waals surface area (Å²) in [6.45, 7) is 2.27. The van der Waals surface area contributed by atoms with E-state index in [2.05, 4.69) is 51.3 Å². The molecule has 1 aliphatic rings. The Labute approximate surface area is 204 Å². The maximum atomic E-state index is 6.51. The molecule has 0 fully saturated rings. The molecule has 1 aromatic heterocycles. The molecule has 1 atom stereocenters. The highest BCUT2D eigenvalue weighted by molar-refractivity contribution is 7.79. The molecule has 0 aliphatic carbocycles. The van der Waals surface area contributed by atoms with Gasteiger partial charge >= 0.3 is 0 Å². The van der Waals surface area contributed by atoms with Gasteiger partial charge < -0.3 is 9.47 Å². The predicted molar refractivity (Wildman–Crippen MR) is 135 cm³/mol. The Morgan fingerprint density at radius 1 is 1.07 bits per heavy atom. The zero-order chi connectivity index (χ0) is 19.5. The Morgan fingerprint density at radius 2 is 1.83 bits per heavy atom. The molecule has 9 heteroatoms. The smallest absolute Gasteiger partial charge is 0.118 e. The van der Waals surface area contributed by atoms with Crippen molar-refractivity contribution in [3.63, 3.8) is 0 Å². The van der Waals surface area contributed by atoms with Gasteiger partial charge in [-0.15, -0.1) is 24.8 Å². The number of amidine groups is 1. The number of halogens is 4. The zero-order valence-electron chi connectivity index (χ0n) is 16.0. The summed E-state index contributed by atoms with van der Waals surface area (Å²) in [7, 11) is 0. The van der Waals surface area contributed by atoms with E-state index in [0.717, 1.165) is 37.0 Å². The second-order valence-electron chi connectivity index (χ2n) is 6.60. The van der Waals surface area contributed by atoms with Crippen molar-refractivity contribution in [1.29, 1.82) is 0 Å². The quantitative estimate of drug-likeness (QED) is 0.408. The van der Waals surface area contributed by atoms with Crippen LogP contribution in [0.2, 0.25) is 10.0 Å². The lowest BCUT2D eigenvalue weighted by molar-refractivity contribution is 0.634. The second-order valence-corrected chi connectivity index (χ2v) is 7.76. The highest BCUT2D eigenvalue weighted by Gasteiger charge is 2.29. The van der Waals surface area contributed by atoms with Crippen LogP contribution in [-0.2, 0) is 12.3 Å². The number of aliphatic imine (C=N–C) groups is 1. The number of imidazole rings is 1. The molecule has 0 saturated carbocycles. The first-order valence-corrected chi connectivity index (χ1v) is 10.5. The third-order valence-electron chi connectivity index (χ3n) is 4.91. The molecular formula is C21H22Cl4N4S. The summed E-state index contributed by atoms with van der Waals surface area (Å²) in [6, 6.07) is 16.0. The van der Waals surface area contributed by atoms with Crippen LogP contribution >= 0.6 is 60.6 Å². The van der Waals surface area contributed by atoms with Crippen LogP contribution < -0.4 is 4.90 Å². The number of anilines is 1. The average molecular weight is 504 g/mol. The SMILES string of the molecule is Cl.Cl.SCc1nccn1CC(C1=NCCN1c1ccc(Cl)cc1Cl)c1ccccc1. The first-order valence-electron chi connectivity index (χ1n) is 9.10. The first-order chi connectivity index (χ1) is 13.7. The molecule has 0 radical (unpaired) electrons. The molecule has 0 spiro atoms. The summed E-state index contributed by atoms with van der Waals surface area (Å²) >= 11 is 17.0. The van der Waals surface area contributed by atoms with Crippen LogP contribution in [0.15, 0.2) is 65.9 Å². The number of aromatic nitrogens is 2. The van der Waals surface area contributed by atoms with Gasteiger partial charge in [-0.05, 0) is 23.8 Å². The van der Waals surface area contributed by atoms with Gasteiger partial charge in [-0.2, -0.15) is 12.6 Å². The summed E-state index contributed by atoms with van der Waals surface area (Å²) in [4.78, 5) is 11.5. The van der Waals surface area contributed by atoms with Crippen molar-refractivity contribution in [3.8, 4) is 0 Å².